The molecule has 2 aromatic rings. The van der Waals surface area contributed by atoms with E-state index in [1.165, 1.54) is 6.07 Å². The van der Waals surface area contributed by atoms with E-state index in [0.29, 0.717) is 5.56 Å². The van der Waals surface area contributed by atoms with Crippen molar-refractivity contribution in [3.05, 3.63) is 52.6 Å². The second-order valence-electron chi connectivity index (χ2n) is 9.93. The van der Waals surface area contributed by atoms with Crippen LogP contribution in [0.3, 0.4) is 0 Å². The predicted octanol–water partition coefficient (Wildman–Crippen LogP) is 1.33. The molecule has 198 valence electrons. The summed E-state index contributed by atoms with van der Waals surface area (Å²) in [5.74, 6) is -2.19. The van der Waals surface area contributed by atoms with Crippen LogP contribution in [0.1, 0.15) is 70.4 Å². The first kappa shape index (κ1) is 25.3. The van der Waals surface area contributed by atoms with Crippen LogP contribution in [-0.4, -0.2) is 69.4 Å². The fourth-order valence-corrected chi connectivity index (χ4v) is 5.64. The van der Waals surface area contributed by atoms with Crippen molar-refractivity contribution in [2.24, 2.45) is 0 Å². The number of aliphatic hydroxyl groups excluding tert-OH is 3. The van der Waals surface area contributed by atoms with E-state index in [9.17, 15) is 30.0 Å². The molecule has 10 nitrogen and oxygen atoms in total. The fraction of sp³-hybridized carbons (Fsp3) is 0.481. The number of rotatable bonds is 7. The van der Waals surface area contributed by atoms with E-state index < -0.39 is 53.9 Å². The maximum Gasteiger partial charge on any atom is 0.255 e. The Kier molecular flexibility index (Phi) is 6.98. The molecule has 2 aliphatic heterocycles. The van der Waals surface area contributed by atoms with Crippen molar-refractivity contribution >= 4 is 11.8 Å². The first-order chi connectivity index (χ1) is 17.8. The number of benzene rings is 2. The number of ether oxygens (including phenoxy) is 2. The molecule has 2 amide bonds. The van der Waals surface area contributed by atoms with Crippen molar-refractivity contribution < 1.29 is 39.5 Å². The highest BCUT2D eigenvalue weighted by atomic mass is 16.7. The minimum absolute atomic E-state index is 0.0284. The van der Waals surface area contributed by atoms with Gasteiger partial charge in [-0.05, 0) is 42.2 Å². The van der Waals surface area contributed by atoms with Crippen molar-refractivity contribution in [1.82, 2.24) is 10.6 Å². The molecular formula is C27H32N2O8. The summed E-state index contributed by atoms with van der Waals surface area (Å²) in [4.78, 5) is 26.2. The van der Waals surface area contributed by atoms with Crippen LogP contribution in [0.25, 0.3) is 0 Å². The zero-order valence-corrected chi connectivity index (χ0v) is 20.5. The van der Waals surface area contributed by atoms with Gasteiger partial charge in [-0.15, -0.1) is 0 Å². The average molecular weight is 513 g/mol. The summed E-state index contributed by atoms with van der Waals surface area (Å²) in [6, 6.07) is 6.63. The lowest BCUT2D eigenvalue weighted by Crippen LogP contribution is -2.69. The molecule has 0 spiro atoms. The predicted molar refractivity (Wildman–Crippen MR) is 132 cm³/mol. The van der Waals surface area contributed by atoms with Crippen molar-refractivity contribution in [2.45, 2.75) is 75.3 Å². The minimum atomic E-state index is -1.62. The van der Waals surface area contributed by atoms with E-state index in [1.807, 2.05) is 6.07 Å². The largest absolute Gasteiger partial charge is 0.504 e. The number of unbranched alkanes of at least 4 members (excludes halogenated alkanes) is 3. The van der Waals surface area contributed by atoms with Gasteiger partial charge in [0.05, 0.1) is 17.6 Å². The van der Waals surface area contributed by atoms with Gasteiger partial charge in [0.15, 0.2) is 11.5 Å². The fourth-order valence-electron chi connectivity index (χ4n) is 5.64. The van der Waals surface area contributed by atoms with Crippen molar-refractivity contribution in [1.29, 1.82) is 0 Å². The number of amides is 2. The molecule has 0 bridgehead atoms. The molecule has 5 rings (SSSR count). The van der Waals surface area contributed by atoms with Crippen LogP contribution in [0.15, 0.2) is 30.3 Å². The Morgan fingerprint density at radius 2 is 1.89 bits per heavy atom. The van der Waals surface area contributed by atoms with Crippen LogP contribution in [0.4, 0.5) is 0 Å². The van der Waals surface area contributed by atoms with Gasteiger partial charge in [0.2, 0.25) is 12.5 Å². The van der Waals surface area contributed by atoms with Crippen molar-refractivity contribution in [2.75, 3.05) is 6.79 Å². The third-order valence-electron chi connectivity index (χ3n) is 7.57. The second kappa shape index (κ2) is 10.2. The monoisotopic (exact) mass is 512 g/mol. The number of nitrogens with one attached hydrogen (secondary N) is 2. The summed E-state index contributed by atoms with van der Waals surface area (Å²) in [5.41, 5.74) is 1.60. The molecular weight excluding hydrogens is 480 g/mol. The zero-order chi connectivity index (χ0) is 26.3. The topological polar surface area (TPSA) is 158 Å². The van der Waals surface area contributed by atoms with E-state index in [2.05, 4.69) is 17.6 Å². The Morgan fingerprint density at radius 1 is 1.08 bits per heavy atom. The van der Waals surface area contributed by atoms with Gasteiger partial charge >= 0.3 is 0 Å². The van der Waals surface area contributed by atoms with Gasteiger partial charge < -0.3 is 40.5 Å². The highest BCUT2D eigenvalue weighted by Crippen LogP contribution is 2.50. The molecule has 0 unspecified atom stereocenters. The number of aryl methyl sites for hydroxylation is 1. The molecule has 1 fully saturated rings. The number of aliphatic hydroxyl groups is 3. The molecule has 10 heteroatoms. The molecule has 0 radical (unpaired) electrons. The van der Waals surface area contributed by atoms with Crippen LogP contribution < -0.4 is 20.1 Å². The Labute approximate surface area is 214 Å². The summed E-state index contributed by atoms with van der Waals surface area (Å²) in [6.07, 6.45) is 0.584. The Hall–Kier alpha value is -3.34. The maximum absolute atomic E-state index is 13.3. The van der Waals surface area contributed by atoms with Gasteiger partial charge in [-0.2, -0.15) is 0 Å². The SMILES string of the molecule is CCCCCCc1cccc(C(=O)N[C@H]2[C@H](O)[C@@H](O)[C@@H](O)[C@@H]3NC(=O)c4c(cc5c(c4O)OCO5)[C@@H]23)c1. The summed E-state index contributed by atoms with van der Waals surface area (Å²) < 4.78 is 10.7. The minimum Gasteiger partial charge on any atom is -0.504 e. The number of phenolic OH excluding ortho intramolecular Hbond substituents is 1. The third-order valence-corrected chi connectivity index (χ3v) is 7.57. The maximum atomic E-state index is 13.3. The number of hydrogen-bond acceptors (Lipinski definition) is 8. The van der Waals surface area contributed by atoms with Gasteiger partial charge in [-0.3, -0.25) is 9.59 Å². The first-order valence-corrected chi connectivity index (χ1v) is 12.7. The Balaban J connectivity index is 1.46. The number of aromatic hydroxyl groups is 1. The molecule has 1 saturated carbocycles. The number of carbonyl (C=O) groups excluding carboxylic acids is 2. The van der Waals surface area contributed by atoms with E-state index in [-0.39, 0.29) is 29.4 Å². The molecule has 1 aliphatic carbocycles. The molecule has 6 atom stereocenters. The molecule has 0 saturated heterocycles. The van der Waals surface area contributed by atoms with Crippen LogP contribution in [-0.2, 0) is 6.42 Å². The summed E-state index contributed by atoms with van der Waals surface area (Å²) >= 11 is 0. The summed E-state index contributed by atoms with van der Waals surface area (Å²) in [5, 5.41) is 48.4. The highest BCUT2D eigenvalue weighted by Gasteiger charge is 2.54. The first-order valence-electron chi connectivity index (χ1n) is 12.7. The summed E-state index contributed by atoms with van der Waals surface area (Å²) in [7, 11) is 0. The molecule has 37 heavy (non-hydrogen) atoms. The van der Waals surface area contributed by atoms with Gasteiger partial charge in [0.1, 0.15) is 18.3 Å². The molecule has 2 aromatic carbocycles. The second-order valence-corrected chi connectivity index (χ2v) is 9.93. The van der Waals surface area contributed by atoms with Gasteiger partial charge in [0, 0.05) is 11.5 Å². The van der Waals surface area contributed by atoms with E-state index in [1.54, 1.807) is 18.2 Å². The van der Waals surface area contributed by atoms with Gasteiger partial charge in [0.25, 0.3) is 11.8 Å². The van der Waals surface area contributed by atoms with Crippen LogP contribution in [0.5, 0.6) is 17.2 Å². The van der Waals surface area contributed by atoms with Crippen LogP contribution in [0.2, 0.25) is 0 Å². The lowest BCUT2D eigenvalue weighted by atomic mass is 9.68. The molecule has 3 aliphatic rings. The molecule has 0 aromatic heterocycles. The quantitative estimate of drug-likeness (QED) is 0.303. The van der Waals surface area contributed by atoms with Gasteiger partial charge in [-0.25, -0.2) is 0 Å². The number of carbonyl (C=O) groups is 2. The highest BCUT2D eigenvalue weighted by molar-refractivity contribution is 6.02. The van der Waals surface area contributed by atoms with Crippen molar-refractivity contribution in [3.8, 4) is 17.2 Å². The zero-order valence-electron chi connectivity index (χ0n) is 20.5. The Morgan fingerprint density at radius 3 is 2.68 bits per heavy atom. The standard InChI is InChI=1S/C27H32N2O8/c1-2-3-4-5-7-13-8-6-9-14(10-13)26(34)28-19-17-15-11-16-25(37-12-36-16)21(30)18(15)27(35)29-20(17)23(32)24(33)22(19)31/h6,8-11,17,19-20,22-24,30-33H,2-5,7,12H2,1H3,(H,28,34)(H,29,35)/t17-,19+,20+,22-,23-,24+/m0/s1. The number of hydrogen-bond donors (Lipinski definition) is 6. The van der Waals surface area contributed by atoms with E-state index in [0.717, 1.165) is 37.7 Å². The number of phenols is 1. The van der Waals surface area contributed by atoms with E-state index in [4.69, 9.17) is 9.47 Å². The average Bonchev–Trinajstić information content (AvgIpc) is 3.37. The normalized spacial score (nSPS) is 27.7. The lowest BCUT2D eigenvalue weighted by Gasteiger charge is -2.49. The lowest BCUT2D eigenvalue weighted by molar-refractivity contribution is -0.117. The number of fused-ring (bicyclic) bond motifs is 4. The summed E-state index contributed by atoms with van der Waals surface area (Å²) in [6.45, 7) is 2.01. The van der Waals surface area contributed by atoms with Crippen LogP contribution in [0, 0.1) is 0 Å². The van der Waals surface area contributed by atoms with Crippen LogP contribution >= 0.6 is 0 Å². The van der Waals surface area contributed by atoms with Crippen molar-refractivity contribution in [3.63, 3.8) is 0 Å². The molecule has 6 N–H and O–H groups in total. The molecule has 2 heterocycles. The third kappa shape index (κ3) is 4.49. The van der Waals surface area contributed by atoms with E-state index >= 15 is 0 Å². The Bertz CT molecular complexity index is 1200. The smallest absolute Gasteiger partial charge is 0.255 e. The van der Waals surface area contributed by atoms with Gasteiger partial charge in [-0.1, -0.05) is 38.3 Å².